The van der Waals surface area contributed by atoms with Gasteiger partial charge in [-0.2, -0.15) is 5.26 Å². The minimum Gasteiger partial charge on any atom is -0.291 e. The van der Waals surface area contributed by atoms with Gasteiger partial charge in [-0.3, -0.25) is 4.79 Å². The van der Waals surface area contributed by atoms with Gasteiger partial charge in [0.05, 0.1) is 10.9 Å². The Morgan fingerprint density at radius 2 is 2.00 bits per heavy atom. The largest absolute Gasteiger partial charge is 0.291 e. The number of hydrogen-bond donors (Lipinski definition) is 0. The number of nitrogens with zero attached hydrogens (tertiary/aromatic N) is 1. The summed E-state index contributed by atoms with van der Waals surface area (Å²) in [5.41, 5.74) is 1.60. The highest BCUT2D eigenvalue weighted by atomic mass is 35.5. The SMILES string of the molecule is Cc1ccsc1C(=O)C(C#N)c1ccc(Cl)cc1. The molecule has 0 aliphatic heterocycles. The molecule has 0 radical (unpaired) electrons. The lowest BCUT2D eigenvalue weighted by Crippen LogP contribution is -2.10. The van der Waals surface area contributed by atoms with E-state index >= 15 is 0 Å². The van der Waals surface area contributed by atoms with Gasteiger partial charge in [-0.25, -0.2) is 0 Å². The van der Waals surface area contributed by atoms with Crippen molar-refractivity contribution in [3.63, 3.8) is 0 Å². The topological polar surface area (TPSA) is 40.9 Å². The predicted molar refractivity (Wildman–Crippen MR) is 73.2 cm³/mol. The number of halogens is 1. The Hall–Kier alpha value is -1.63. The Morgan fingerprint density at radius 1 is 1.33 bits per heavy atom. The zero-order valence-electron chi connectivity index (χ0n) is 9.68. The van der Waals surface area contributed by atoms with Crippen molar-refractivity contribution in [2.45, 2.75) is 12.8 Å². The lowest BCUT2D eigenvalue weighted by Gasteiger charge is -2.08. The lowest BCUT2D eigenvalue weighted by atomic mass is 9.94. The Kier molecular flexibility index (Phi) is 3.81. The van der Waals surface area contributed by atoms with Crippen molar-refractivity contribution in [2.24, 2.45) is 0 Å². The molecule has 18 heavy (non-hydrogen) atoms. The van der Waals surface area contributed by atoms with E-state index in [1.807, 2.05) is 18.4 Å². The molecule has 0 aliphatic carbocycles. The first-order valence-corrected chi connectivity index (χ1v) is 6.62. The molecule has 2 nitrogen and oxygen atoms in total. The second-order valence-corrected chi connectivity index (χ2v) is 5.26. The molecular weight excluding hydrogens is 266 g/mol. The van der Waals surface area contributed by atoms with E-state index in [0.717, 1.165) is 5.56 Å². The monoisotopic (exact) mass is 275 g/mol. The summed E-state index contributed by atoms with van der Waals surface area (Å²) in [6.45, 7) is 1.88. The molecule has 0 amide bonds. The number of hydrogen-bond acceptors (Lipinski definition) is 3. The minimum atomic E-state index is -0.764. The van der Waals surface area contributed by atoms with E-state index in [2.05, 4.69) is 6.07 Å². The van der Waals surface area contributed by atoms with Crippen LogP contribution in [0.4, 0.5) is 0 Å². The van der Waals surface area contributed by atoms with Crippen LogP contribution in [0.2, 0.25) is 5.02 Å². The standard InChI is InChI=1S/C14H10ClNOS/c1-9-6-7-18-14(9)13(17)12(8-16)10-2-4-11(15)5-3-10/h2-7,12H,1H3. The van der Waals surface area contributed by atoms with E-state index in [4.69, 9.17) is 11.6 Å². The van der Waals surface area contributed by atoms with E-state index < -0.39 is 5.92 Å². The molecular formula is C14H10ClNOS. The zero-order valence-corrected chi connectivity index (χ0v) is 11.3. The molecule has 0 N–H and O–H groups in total. The average molecular weight is 276 g/mol. The Bertz CT molecular complexity index is 609. The summed E-state index contributed by atoms with van der Waals surface area (Å²) in [4.78, 5) is 12.9. The number of ketones is 1. The molecule has 1 heterocycles. The van der Waals surface area contributed by atoms with Crippen LogP contribution in [-0.4, -0.2) is 5.78 Å². The molecule has 0 aliphatic rings. The maximum absolute atomic E-state index is 12.3. The summed E-state index contributed by atoms with van der Waals surface area (Å²) in [6, 6.07) is 10.8. The molecule has 2 rings (SSSR count). The van der Waals surface area contributed by atoms with Crippen molar-refractivity contribution in [2.75, 3.05) is 0 Å². The number of Topliss-reactive ketones (excluding diaryl/α,β-unsaturated/α-hetero) is 1. The number of rotatable bonds is 3. The second-order valence-electron chi connectivity index (χ2n) is 3.91. The van der Waals surface area contributed by atoms with Gasteiger partial charge in [0.25, 0.3) is 0 Å². The maximum Gasteiger partial charge on any atom is 0.194 e. The van der Waals surface area contributed by atoms with Crippen LogP contribution in [0.3, 0.4) is 0 Å². The van der Waals surface area contributed by atoms with Gasteiger partial charge < -0.3 is 0 Å². The number of thiophene rings is 1. The third-order valence-corrected chi connectivity index (χ3v) is 3.96. The smallest absolute Gasteiger partial charge is 0.194 e. The van der Waals surface area contributed by atoms with Gasteiger partial charge >= 0.3 is 0 Å². The van der Waals surface area contributed by atoms with Gasteiger partial charge in [0.1, 0.15) is 5.92 Å². The van der Waals surface area contributed by atoms with E-state index in [-0.39, 0.29) is 5.78 Å². The van der Waals surface area contributed by atoms with E-state index in [0.29, 0.717) is 15.5 Å². The maximum atomic E-state index is 12.3. The van der Waals surface area contributed by atoms with Crippen LogP contribution in [0, 0.1) is 18.3 Å². The normalized spacial score (nSPS) is 11.8. The summed E-state index contributed by atoms with van der Waals surface area (Å²) in [6.07, 6.45) is 0. The van der Waals surface area contributed by atoms with Crippen LogP contribution >= 0.6 is 22.9 Å². The van der Waals surface area contributed by atoms with E-state index in [1.54, 1.807) is 24.3 Å². The number of benzene rings is 1. The predicted octanol–water partition coefficient (Wildman–Crippen LogP) is 4.20. The van der Waals surface area contributed by atoms with Crippen molar-refractivity contribution in [3.8, 4) is 6.07 Å². The Balaban J connectivity index is 2.36. The fourth-order valence-electron chi connectivity index (χ4n) is 1.70. The summed E-state index contributed by atoms with van der Waals surface area (Å²) >= 11 is 7.17. The van der Waals surface area contributed by atoms with Crippen LogP contribution < -0.4 is 0 Å². The summed E-state index contributed by atoms with van der Waals surface area (Å²) in [5, 5.41) is 11.7. The van der Waals surface area contributed by atoms with Crippen molar-refractivity contribution in [3.05, 3.63) is 56.7 Å². The highest BCUT2D eigenvalue weighted by molar-refractivity contribution is 7.12. The summed E-state index contributed by atoms with van der Waals surface area (Å²) < 4.78 is 0. The van der Waals surface area contributed by atoms with Crippen LogP contribution in [0.15, 0.2) is 35.7 Å². The van der Waals surface area contributed by atoms with Gasteiger partial charge in [0.2, 0.25) is 0 Å². The first kappa shape index (κ1) is 12.8. The molecule has 1 atom stereocenters. The first-order valence-electron chi connectivity index (χ1n) is 5.37. The lowest BCUT2D eigenvalue weighted by molar-refractivity contribution is 0.0982. The molecule has 90 valence electrons. The highest BCUT2D eigenvalue weighted by Gasteiger charge is 2.23. The molecule has 0 fully saturated rings. The number of carbonyl (C=O) groups excluding carboxylic acids is 1. The molecule has 0 saturated heterocycles. The summed E-state index contributed by atoms with van der Waals surface area (Å²) in [5.74, 6) is -0.910. The molecule has 0 saturated carbocycles. The number of aryl methyl sites for hydroxylation is 1. The first-order chi connectivity index (χ1) is 8.63. The zero-order chi connectivity index (χ0) is 13.1. The van der Waals surface area contributed by atoms with Crippen LogP contribution in [0.25, 0.3) is 0 Å². The van der Waals surface area contributed by atoms with Gasteiger partial charge in [0.15, 0.2) is 5.78 Å². The van der Waals surface area contributed by atoms with E-state index in [1.165, 1.54) is 11.3 Å². The van der Waals surface area contributed by atoms with Crippen LogP contribution in [0.5, 0.6) is 0 Å². The van der Waals surface area contributed by atoms with Crippen LogP contribution in [-0.2, 0) is 0 Å². The Labute approximate surface area is 114 Å². The van der Waals surface area contributed by atoms with Crippen molar-refractivity contribution >= 4 is 28.7 Å². The van der Waals surface area contributed by atoms with Gasteiger partial charge in [-0.05, 0) is 41.6 Å². The molecule has 0 spiro atoms. The average Bonchev–Trinajstić information content (AvgIpc) is 2.78. The van der Waals surface area contributed by atoms with Crippen molar-refractivity contribution in [1.82, 2.24) is 0 Å². The third kappa shape index (κ3) is 2.45. The molecule has 1 unspecified atom stereocenters. The molecule has 2 aromatic rings. The van der Waals surface area contributed by atoms with Crippen molar-refractivity contribution < 1.29 is 4.79 Å². The number of carbonyl (C=O) groups is 1. The third-order valence-electron chi connectivity index (χ3n) is 2.68. The quantitative estimate of drug-likeness (QED) is 0.788. The van der Waals surface area contributed by atoms with Gasteiger partial charge in [-0.1, -0.05) is 23.7 Å². The molecule has 0 bridgehead atoms. The van der Waals surface area contributed by atoms with E-state index in [9.17, 15) is 10.1 Å². The minimum absolute atomic E-state index is 0.146. The van der Waals surface area contributed by atoms with Gasteiger partial charge in [0, 0.05) is 5.02 Å². The van der Waals surface area contributed by atoms with Crippen molar-refractivity contribution in [1.29, 1.82) is 5.26 Å². The molecule has 4 heteroatoms. The Morgan fingerprint density at radius 3 is 2.50 bits per heavy atom. The highest BCUT2D eigenvalue weighted by Crippen LogP contribution is 2.26. The summed E-state index contributed by atoms with van der Waals surface area (Å²) in [7, 11) is 0. The molecule has 1 aromatic heterocycles. The number of nitriles is 1. The fraction of sp³-hybridized carbons (Fsp3) is 0.143. The van der Waals surface area contributed by atoms with Crippen LogP contribution in [0.1, 0.15) is 26.7 Å². The van der Waals surface area contributed by atoms with Gasteiger partial charge in [-0.15, -0.1) is 11.3 Å². The molecule has 1 aromatic carbocycles. The second kappa shape index (κ2) is 5.34. The fourth-order valence-corrected chi connectivity index (χ4v) is 2.72.